The van der Waals surface area contributed by atoms with Gasteiger partial charge in [-0.25, -0.2) is 0 Å². The predicted octanol–water partition coefficient (Wildman–Crippen LogP) is 3.67. The molecule has 0 aliphatic heterocycles. The number of aromatic nitrogens is 1. The summed E-state index contributed by atoms with van der Waals surface area (Å²) >= 11 is 0. The van der Waals surface area contributed by atoms with Gasteiger partial charge < -0.3 is 19.4 Å². The van der Waals surface area contributed by atoms with Crippen molar-refractivity contribution in [3.63, 3.8) is 0 Å². The Kier molecular flexibility index (Phi) is 5.09. The highest BCUT2D eigenvalue weighted by atomic mass is 16.3. The van der Waals surface area contributed by atoms with Crippen molar-refractivity contribution >= 4 is 5.91 Å². The maximum Gasteiger partial charge on any atom is 0.253 e. The molecule has 1 fully saturated rings. The second-order valence-corrected chi connectivity index (χ2v) is 6.67. The maximum atomic E-state index is 12.7. The molecule has 1 aliphatic carbocycles. The first-order valence-electron chi connectivity index (χ1n) is 8.75. The molecule has 1 saturated carbocycles. The molecule has 130 valence electrons. The highest BCUT2D eigenvalue weighted by Gasteiger charge is 2.24. The summed E-state index contributed by atoms with van der Waals surface area (Å²) in [7, 11) is 0. The van der Waals surface area contributed by atoms with Crippen molar-refractivity contribution in [2.24, 2.45) is 0 Å². The summed E-state index contributed by atoms with van der Waals surface area (Å²) in [6, 6.07) is 5.44. The second-order valence-electron chi connectivity index (χ2n) is 6.67. The minimum absolute atomic E-state index is 0.166. The fourth-order valence-electron chi connectivity index (χ4n) is 3.84. The molecule has 0 bridgehead atoms. The molecule has 0 radical (unpaired) electrons. The largest absolute Gasteiger partial charge is 0.467 e. The number of carbonyl (C=O) groups excluding carboxylic acids is 1. The number of carbonyl (C=O) groups is 1. The highest BCUT2D eigenvalue weighted by molar-refractivity contribution is 5.96. The summed E-state index contributed by atoms with van der Waals surface area (Å²) in [6.45, 7) is 3.88. The van der Waals surface area contributed by atoms with Crippen LogP contribution in [0.15, 0.2) is 28.9 Å². The number of aliphatic hydroxyl groups excluding tert-OH is 1. The first-order chi connectivity index (χ1) is 11.6. The molecule has 5 nitrogen and oxygen atoms in total. The Labute approximate surface area is 142 Å². The standard InChI is InChI=1S/C19H26N2O3/c1-13-11-16(14(2)21(13)15-7-4-3-5-8-15)19(23)20-17(12-22)18-9-6-10-24-18/h6,9-11,15,17,22H,3-5,7-8,12H2,1-2H3,(H,20,23). The third kappa shape index (κ3) is 3.26. The van der Waals surface area contributed by atoms with Gasteiger partial charge in [-0.1, -0.05) is 19.3 Å². The second kappa shape index (κ2) is 7.26. The first-order valence-corrected chi connectivity index (χ1v) is 8.75. The number of nitrogens with zero attached hydrogens (tertiary/aromatic N) is 1. The van der Waals surface area contributed by atoms with Gasteiger partial charge in [-0.15, -0.1) is 0 Å². The van der Waals surface area contributed by atoms with Crippen LogP contribution in [0, 0.1) is 13.8 Å². The Morgan fingerprint density at radius 3 is 2.75 bits per heavy atom. The quantitative estimate of drug-likeness (QED) is 0.879. The lowest BCUT2D eigenvalue weighted by Gasteiger charge is -2.26. The molecular weight excluding hydrogens is 304 g/mol. The van der Waals surface area contributed by atoms with Crippen LogP contribution in [-0.4, -0.2) is 22.2 Å². The minimum atomic E-state index is -0.523. The number of hydrogen-bond acceptors (Lipinski definition) is 3. The topological polar surface area (TPSA) is 67.4 Å². The number of amides is 1. The molecule has 2 N–H and O–H groups in total. The highest BCUT2D eigenvalue weighted by Crippen LogP contribution is 2.32. The van der Waals surface area contributed by atoms with E-state index >= 15 is 0 Å². The minimum Gasteiger partial charge on any atom is -0.467 e. The molecular formula is C19H26N2O3. The van der Waals surface area contributed by atoms with Crippen molar-refractivity contribution in [1.82, 2.24) is 9.88 Å². The van der Waals surface area contributed by atoms with Crippen LogP contribution in [0.3, 0.4) is 0 Å². The lowest BCUT2D eigenvalue weighted by Crippen LogP contribution is -2.31. The number of nitrogens with one attached hydrogen (secondary N) is 1. The molecule has 1 amide bonds. The van der Waals surface area contributed by atoms with Gasteiger partial charge in [0.05, 0.1) is 18.4 Å². The number of rotatable bonds is 5. The molecule has 2 aromatic heterocycles. The van der Waals surface area contributed by atoms with E-state index in [9.17, 15) is 9.90 Å². The van der Waals surface area contributed by atoms with E-state index in [-0.39, 0.29) is 12.5 Å². The third-order valence-corrected chi connectivity index (χ3v) is 5.04. The molecule has 0 saturated heterocycles. The maximum absolute atomic E-state index is 12.7. The Morgan fingerprint density at radius 2 is 2.12 bits per heavy atom. The van der Waals surface area contributed by atoms with E-state index in [0.717, 1.165) is 11.4 Å². The normalized spacial score (nSPS) is 17.0. The molecule has 3 rings (SSSR count). The van der Waals surface area contributed by atoms with Crippen LogP contribution < -0.4 is 5.32 Å². The van der Waals surface area contributed by atoms with Gasteiger partial charge in [-0.2, -0.15) is 0 Å². The van der Waals surface area contributed by atoms with Gasteiger partial charge >= 0.3 is 0 Å². The monoisotopic (exact) mass is 330 g/mol. The van der Waals surface area contributed by atoms with Crippen LogP contribution in [0.2, 0.25) is 0 Å². The smallest absolute Gasteiger partial charge is 0.253 e. The summed E-state index contributed by atoms with van der Waals surface area (Å²) < 4.78 is 7.61. The lowest BCUT2D eigenvalue weighted by molar-refractivity contribution is 0.0906. The van der Waals surface area contributed by atoms with Gasteiger partial charge in [0.2, 0.25) is 0 Å². The van der Waals surface area contributed by atoms with Gasteiger partial charge in [0.15, 0.2) is 0 Å². The van der Waals surface area contributed by atoms with Crippen LogP contribution in [0.1, 0.15) is 71.7 Å². The van der Waals surface area contributed by atoms with Crippen molar-refractivity contribution < 1.29 is 14.3 Å². The van der Waals surface area contributed by atoms with Gasteiger partial charge in [-0.05, 0) is 44.9 Å². The predicted molar refractivity (Wildman–Crippen MR) is 92.0 cm³/mol. The summed E-state index contributed by atoms with van der Waals surface area (Å²) in [5.74, 6) is 0.396. The number of aliphatic hydroxyl groups is 1. The fourth-order valence-corrected chi connectivity index (χ4v) is 3.84. The lowest BCUT2D eigenvalue weighted by atomic mass is 9.95. The van der Waals surface area contributed by atoms with Gasteiger partial charge in [0.25, 0.3) is 5.91 Å². The molecule has 2 heterocycles. The molecule has 0 aromatic carbocycles. The Balaban J connectivity index is 1.80. The molecule has 1 aliphatic rings. The van der Waals surface area contributed by atoms with Gasteiger partial charge in [0, 0.05) is 17.4 Å². The van der Waals surface area contributed by atoms with E-state index < -0.39 is 6.04 Å². The van der Waals surface area contributed by atoms with Crippen LogP contribution >= 0.6 is 0 Å². The van der Waals surface area contributed by atoms with E-state index in [1.807, 2.05) is 13.0 Å². The zero-order valence-corrected chi connectivity index (χ0v) is 14.4. The zero-order chi connectivity index (χ0) is 17.1. The van der Waals surface area contributed by atoms with Gasteiger partial charge in [-0.3, -0.25) is 4.79 Å². The zero-order valence-electron chi connectivity index (χ0n) is 14.4. The van der Waals surface area contributed by atoms with Crippen LogP contribution in [0.5, 0.6) is 0 Å². The fraction of sp³-hybridized carbons (Fsp3) is 0.526. The van der Waals surface area contributed by atoms with Crippen LogP contribution in [-0.2, 0) is 0 Å². The number of hydrogen-bond donors (Lipinski definition) is 2. The van der Waals surface area contributed by atoms with Crippen molar-refractivity contribution in [3.8, 4) is 0 Å². The van der Waals surface area contributed by atoms with Gasteiger partial charge in [0.1, 0.15) is 11.8 Å². The Morgan fingerprint density at radius 1 is 1.38 bits per heavy atom. The van der Waals surface area contributed by atoms with E-state index in [1.54, 1.807) is 18.4 Å². The van der Waals surface area contributed by atoms with Crippen molar-refractivity contribution in [3.05, 3.63) is 47.2 Å². The van der Waals surface area contributed by atoms with Crippen LogP contribution in [0.4, 0.5) is 0 Å². The summed E-state index contributed by atoms with van der Waals surface area (Å²) in [4.78, 5) is 12.7. The average Bonchev–Trinajstić information content (AvgIpc) is 3.21. The first kappa shape index (κ1) is 16.8. The van der Waals surface area contributed by atoms with E-state index in [4.69, 9.17) is 4.42 Å². The Bertz CT molecular complexity index is 682. The van der Waals surface area contributed by atoms with Crippen molar-refractivity contribution in [1.29, 1.82) is 0 Å². The average molecular weight is 330 g/mol. The summed E-state index contributed by atoms with van der Waals surface area (Å²) in [5, 5.41) is 12.4. The third-order valence-electron chi connectivity index (χ3n) is 5.04. The Hall–Kier alpha value is -2.01. The molecule has 24 heavy (non-hydrogen) atoms. The van der Waals surface area contributed by atoms with Crippen LogP contribution in [0.25, 0.3) is 0 Å². The molecule has 0 spiro atoms. The number of furan rings is 1. The molecule has 5 heteroatoms. The summed E-state index contributed by atoms with van der Waals surface area (Å²) in [6.07, 6.45) is 7.73. The SMILES string of the molecule is Cc1cc(C(=O)NC(CO)c2ccco2)c(C)n1C1CCCCC1. The molecule has 2 aromatic rings. The molecule has 1 atom stereocenters. The van der Waals surface area contributed by atoms with E-state index in [0.29, 0.717) is 17.4 Å². The van der Waals surface area contributed by atoms with Crippen molar-refractivity contribution in [2.45, 2.75) is 58.0 Å². The van der Waals surface area contributed by atoms with E-state index in [1.165, 1.54) is 32.1 Å². The summed E-state index contributed by atoms with van der Waals surface area (Å²) in [5.41, 5.74) is 2.82. The van der Waals surface area contributed by atoms with E-state index in [2.05, 4.69) is 16.8 Å². The van der Waals surface area contributed by atoms with Crippen molar-refractivity contribution in [2.75, 3.05) is 6.61 Å². The number of aryl methyl sites for hydroxylation is 1. The molecule has 1 unspecified atom stereocenters.